The second-order valence-corrected chi connectivity index (χ2v) is 4.95. The Morgan fingerprint density at radius 2 is 2.00 bits per heavy atom. The third-order valence-corrected chi connectivity index (χ3v) is 3.55. The van der Waals surface area contributed by atoms with Crippen LogP contribution in [0.5, 0.6) is 0 Å². The minimum atomic E-state index is 0.256. The van der Waals surface area contributed by atoms with Crippen molar-refractivity contribution in [1.29, 1.82) is 0 Å². The summed E-state index contributed by atoms with van der Waals surface area (Å²) in [6.45, 7) is 6.84. The summed E-state index contributed by atoms with van der Waals surface area (Å²) >= 11 is 0. The Hall–Kier alpha value is -0.570. The van der Waals surface area contributed by atoms with Crippen LogP contribution in [-0.2, 0) is 4.79 Å². The molecule has 1 fully saturated rings. The monoisotopic (exact) mass is 226 g/mol. The molecule has 2 N–H and O–H groups in total. The van der Waals surface area contributed by atoms with Crippen molar-refractivity contribution in [3.63, 3.8) is 0 Å². The number of nitrogens with zero attached hydrogens (tertiary/aromatic N) is 1. The number of likely N-dealkylation sites (tertiary alicyclic amines) is 1. The van der Waals surface area contributed by atoms with E-state index in [0.717, 1.165) is 51.7 Å². The molecule has 0 aromatic heterocycles. The zero-order valence-electron chi connectivity index (χ0n) is 10.7. The first-order valence-electron chi connectivity index (χ1n) is 6.71. The first-order chi connectivity index (χ1) is 7.72. The molecule has 0 radical (unpaired) electrons. The largest absolute Gasteiger partial charge is 0.342 e. The summed E-state index contributed by atoms with van der Waals surface area (Å²) in [4.78, 5) is 14.3. The van der Waals surface area contributed by atoms with Gasteiger partial charge in [0.1, 0.15) is 0 Å². The minimum absolute atomic E-state index is 0.256. The van der Waals surface area contributed by atoms with E-state index in [2.05, 4.69) is 13.8 Å². The Labute approximate surface area is 99.4 Å². The lowest BCUT2D eigenvalue weighted by molar-refractivity contribution is -0.135. The number of rotatable bonds is 6. The maximum atomic E-state index is 12.3. The molecule has 1 amide bonds. The molecule has 1 aliphatic rings. The predicted molar refractivity (Wildman–Crippen MR) is 67.0 cm³/mol. The zero-order valence-corrected chi connectivity index (χ0v) is 10.7. The van der Waals surface area contributed by atoms with Gasteiger partial charge < -0.3 is 10.6 Å². The van der Waals surface area contributed by atoms with Gasteiger partial charge in [0.05, 0.1) is 0 Å². The molecule has 1 atom stereocenters. The second kappa shape index (κ2) is 6.89. The smallest absolute Gasteiger partial charge is 0.225 e. The molecule has 0 aromatic rings. The average Bonchev–Trinajstić information content (AvgIpc) is 2.76. The van der Waals surface area contributed by atoms with Crippen molar-refractivity contribution in [3.05, 3.63) is 0 Å². The molecule has 1 heterocycles. The number of hydrogen-bond donors (Lipinski definition) is 1. The first kappa shape index (κ1) is 13.5. The van der Waals surface area contributed by atoms with E-state index in [0.29, 0.717) is 11.8 Å². The maximum absolute atomic E-state index is 12.3. The third kappa shape index (κ3) is 3.48. The molecule has 0 aliphatic carbocycles. The Bertz CT molecular complexity index is 212. The highest BCUT2D eigenvalue weighted by molar-refractivity contribution is 5.79. The number of nitrogens with two attached hydrogens (primary N) is 1. The van der Waals surface area contributed by atoms with Gasteiger partial charge in [0.2, 0.25) is 5.91 Å². The van der Waals surface area contributed by atoms with Crippen molar-refractivity contribution in [2.24, 2.45) is 17.6 Å². The van der Waals surface area contributed by atoms with Gasteiger partial charge in [-0.1, -0.05) is 26.7 Å². The van der Waals surface area contributed by atoms with Crippen LogP contribution in [-0.4, -0.2) is 30.4 Å². The molecule has 1 rings (SSSR count). The lowest BCUT2D eigenvalue weighted by Gasteiger charge is -2.23. The summed E-state index contributed by atoms with van der Waals surface area (Å²) in [5.41, 5.74) is 5.65. The zero-order chi connectivity index (χ0) is 12.0. The van der Waals surface area contributed by atoms with E-state index in [1.54, 1.807) is 0 Å². The molecule has 1 unspecified atom stereocenters. The van der Waals surface area contributed by atoms with Crippen LogP contribution < -0.4 is 5.73 Å². The molecule has 0 bridgehead atoms. The van der Waals surface area contributed by atoms with E-state index in [4.69, 9.17) is 5.73 Å². The number of hydrogen-bond acceptors (Lipinski definition) is 2. The van der Waals surface area contributed by atoms with Gasteiger partial charge in [-0.05, 0) is 31.7 Å². The predicted octanol–water partition coefficient (Wildman–Crippen LogP) is 2.01. The standard InChI is InChI=1S/C13H26N2O/c1-3-5-12(6-4-2)13(16)15-8-7-11(9-14)10-15/h11-12H,3-10,14H2,1-2H3. The highest BCUT2D eigenvalue weighted by Crippen LogP contribution is 2.22. The van der Waals surface area contributed by atoms with Crippen molar-refractivity contribution in [1.82, 2.24) is 4.90 Å². The first-order valence-corrected chi connectivity index (χ1v) is 6.71. The summed E-state index contributed by atoms with van der Waals surface area (Å²) < 4.78 is 0. The Morgan fingerprint density at radius 1 is 1.38 bits per heavy atom. The number of carbonyl (C=O) groups is 1. The molecule has 0 spiro atoms. The Morgan fingerprint density at radius 3 is 2.44 bits per heavy atom. The molecule has 94 valence electrons. The van der Waals surface area contributed by atoms with E-state index in [-0.39, 0.29) is 5.92 Å². The fourth-order valence-corrected chi connectivity index (χ4v) is 2.57. The van der Waals surface area contributed by atoms with Crippen molar-refractivity contribution < 1.29 is 4.79 Å². The van der Waals surface area contributed by atoms with Gasteiger partial charge in [-0.3, -0.25) is 4.79 Å². The molecule has 3 heteroatoms. The maximum Gasteiger partial charge on any atom is 0.225 e. The van der Waals surface area contributed by atoms with Gasteiger partial charge in [-0.2, -0.15) is 0 Å². The summed E-state index contributed by atoms with van der Waals surface area (Å²) in [5, 5.41) is 0. The van der Waals surface area contributed by atoms with E-state index in [1.807, 2.05) is 4.90 Å². The molecule has 16 heavy (non-hydrogen) atoms. The van der Waals surface area contributed by atoms with E-state index >= 15 is 0 Å². The topological polar surface area (TPSA) is 46.3 Å². The van der Waals surface area contributed by atoms with Gasteiger partial charge >= 0.3 is 0 Å². The second-order valence-electron chi connectivity index (χ2n) is 4.95. The van der Waals surface area contributed by atoms with E-state index in [9.17, 15) is 4.79 Å². The van der Waals surface area contributed by atoms with Crippen LogP contribution >= 0.6 is 0 Å². The SMILES string of the molecule is CCCC(CCC)C(=O)N1CCC(CN)C1. The van der Waals surface area contributed by atoms with Crippen LogP contribution in [0.1, 0.15) is 46.0 Å². The molecule has 0 saturated carbocycles. The Kier molecular flexibility index (Phi) is 5.81. The van der Waals surface area contributed by atoms with E-state index in [1.165, 1.54) is 0 Å². The summed E-state index contributed by atoms with van der Waals surface area (Å²) in [7, 11) is 0. The molecule has 1 aliphatic heterocycles. The van der Waals surface area contributed by atoms with Crippen molar-refractivity contribution >= 4 is 5.91 Å². The van der Waals surface area contributed by atoms with Crippen LogP contribution in [0.4, 0.5) is 0 Å². The summed E-state index contributed by atoms with van der Waals surface area (Å²) in [6, 6.07) is 0. The van der Waals surface area contributed by atoms with Gasteiger partial charge in [-0.15, -0.1) is 0 Å². The normalized spacial score (nSPS) is 20.8. The van der Waals surface area contributed by atoms with Crippen LogP contribution in [0.2, 0.25) is 0 Å². The van der Waals surface area contributed by atoms with Crippen LogP contribution in [0, 0.1) is 11.8 Å². The third-order valence-electron chi connectivity index (χ3n) is 3.55. The van der Waals surface area contributed by atoms with Gasteiger partial charge in [0.25, 0.3) is 0 Å². The highest BCUT2D eigenvalue weighted by Gasteiger charge is 2.29. The molecule has 1 saturated heterocycles. The van der Waals surface area contributed by atoms with Crippen molar-refractivity contribution in [3.8, 4) is 0 Å². The van der Waals surface area contributed by atoms with E-state index < -0.39 is 0 Å². The van der Waals surface area contributed by atoms with Crippen LogP contribution in [0.25, 0.3) is 0 Å². The number of amides is 1. The lowest BCUT2D eigenvalue weighted by atomic mass is 9.97. The fraction of sp³-hybridized carbons (Fsp3) is 0.923. The van der Waals surface area contributed by atoms with Gasteiger partial charge in [0.15, 0.2) is 0 Å². The molecular formula is C13H26N2O. The highest BCUT2D eigenvalue weighted by atomic mass is 16.2. The van der Waals surface area contributed by atoms with Crippen LogP contribution in [0.15, 0.2) is 0 Å². The van der Waals surface area contributed by atoms with Gasteiger partial charge in [0, 0.05) is 19.0 Å². The molecule has 3 nitrogen and oxygen atoms in total. The quantitative estimate of drug-likeness (QED) is 0.753. The average molecular weight is 226 g/mol. The fourth-order valence-electron chi connectivity index (χ4n) is 2.57. The summed E-state index contributed by atoms with van der Waals surface area (Å²) in [5.74, 6) is 1.17. The van der Waals surface area contributed by atoms with Gasteiger partial charge in [-0.25, -0.2) is 0 Å². The summed E-state index contributed by atoms with van der Waals surface area (Å²) in [6.07, 6.45) is 5.37. The molecule has 0 aromatic carbocycles. The van der Waals surface area contributed by atoms with Crippen molar-refractivity contribution in [2.45, 2.75) is 46.0 Å². The molecular weight excluding hydrogens is 200 g/mol. The lowest BCUT2D eigenvalue weighted by Crippen LogP contribution is -2.35. The minimum Gasteiger partial charge on any atom is -0.342 e. The number of carbonyl (C=O) groups excluding carboxylic acids is 1. The van der Waals surface area contributed by atoms with Crippen LogP contribution in [0.3, 0.4) is 0 Å². The van der Waals surface area contributed by atoms with Crippen molar-refractivity contribution in [2.75, 3.05) is 19.6 Å². The Balaban J connectivity index is 2.47.